The van der Waals surface area contributed by atoms with Crippen LogP contribution in [0.25, 0.3) is 0 Å². The lowest BCUT2D eigenvalue weighted by molar-refractivity contribution is -0.0498. The highest BCUT2D eigenvalue weighted by molar-refractivity contribution is 7.09. The second-order valence-corrected chi connectivity index (χ2v) is 7.02. The Morgan fingerprint density at radius 1 is 1.27 bits per heavy atom. The van der Waals surface area contributed by atoms with Crippen LogP contribution in [-0.4, -0.2) is 53.6 Å². The Kier molecular flexibility index (Phi) is 6.00. The quantitative estimate of drug-likeness (QED) is 0.861. The summed E-state index contributed by atoms with van der Waals surface area (Å²) in [5, 5.41) is 5.90. The predicted molar refractivity (Wildman–Crippen MR) is 95.8 cm³/mol. The van der Waals surface area contributed by atoms with Crippen molar-refractivity contribution in [3.8, 4) is 5.75 Å². The fourth-order valence-electron chi connectivity index (χ4n) is 2.74. The molecule has 2 heterocycles. The highest BCUT2D eigenvalue weighted by atomic mass is 32.1. The number of nitrogens with one attached hydrogen (secondary N) is 1. The van der Waals surface area contributed by atoms with E-state index in [0.29, 0.717) is 18.8 Å². The molecule has 6 nitrogen and oxygen atoms in total. The Hall–Kier alpha value is -2.26. The Bertz CT molecular complexity index is 731. The number of alkyl halides is 2. The molecule has 0 spiro atoms. The molecule has 0 aliphatic carbocycles. The van der Waals surface area contributed by atoms with Gasteiger partial charge in [0.1, 0.15) is 5.75 Å². The molecule has 0 bridgehead atoms. The smallest absolute Gasteiger partial charge is 0.387 e. The van der Waals surface area contributed by atoms with Crippen LogP contribution in [0.4, 0.5) is 19.3 Å². The highest BCUT2D eigenvalue weighted by Gasteiger charge is 2.21. The third-order valence-corrected chi connectivity index (χ3v) is 4.86. The van der Waals surface area contributed by atoms with Crippen LogP contribution in [0.1, 0.15) is 10.7 Å². The highest BCUT2D eigenvalue weighted by Crippen LogP contribution is 2.18. The number of piperazine rings is 1. The van der Waals surface area contributed by atoms with E-state index in [4.69, 9.17) is 0 Å². The summed E-state index contributed by atoms with van der Waals surface area (Å²) in [7, 11) is 0. The maximum atomic E-state index is 12.3. The van der Waals surface area contributed by atoms with Crippen LogP contribution in [0.3, 0.4) is 0 Å². The Morgan fingerprint density at radius 2 is 1.96 bits per heavy atom. The molecule has 0 saturated carbocycles. The summed E-state index contributed by atoms with van der Waals surface area (Å²) in [6.45, 7) is 2.74. The summed E-state index contributed by atoms with van der Waals surface area (Å²) in [4.78, 5) is 20.8. The van der Waals surface area contributed by atoms with Gasteiger partial charge in [0.2, 0.25) is 0 Å². The van der Waals surface area contributed by atoms with Crippen molar-refractivity contribution in [2.24, 2.45) is 0 Å². The van der Waals surface area contributed by atoms with E-state index in [2.05, 4.69) is 25.3 Å². The summed E-state index contributed by atoms with van der Waals surface area (Å²) in [6.07, 6.45) is 0. The lowest BCUT2D eigenvalue weighted by Gasteiger charge is -2.34. The number of nitrogens with zero attached hydrogens (tertiary/aromatic N) is 3. The van der Waals surface area contributed by atoms with Crippen molar-refractivity contribution in [1.82, 2.24) is 14.8 Å². The lowest BCUT2D eigenvalue weighted by Crippen LogP contribution is -2.49. The van der Waals surface area contributed by atoms with E-state index < -0.39 is 6.61 Å². The minimum absolute atomic E-state index is 0.0592. The van der Waals surface area contributed by atoms with E-state index in [1.54, 1.807) is 16.2 Å². The first-order chi connectivity index (χ1) is 12.5. The molecule has 9 heteroatoms. The molecule has 1 aliphatic heterocycles. The number of halogens is 2. The summed E-state index contributed by atoms with van der Waals surface area (Å²) in [5.74, 6) is 0.0592. The molecule has 1 N–H and O–H groups in total. The number of aromatic nitrogens is 1. The van der Waals surface area contributed by atoms with Crippen LogP contribution in [-0.2, 0) is 6.54 Å². The summed E-state index contributed by atoms with van der Waals surface area (Å²) >= 11 is 1.64. The largest absolute Gasteiger partial charge is 0.435 e. The van der Waals surface area contributed by atoms with E-state index in [1.807, 2.05) is 6.92 Å². The number of benzene rings is 1. The number of hydrogen-bond donors (Lipinski definition) is 1. The van der Waals surface area contributed by atoms with E-state index in [-0.39, 0.29) is 11.8 Å². The fourth-order valence-corrected chi connectivity index (χ4v) is 3.35. The van der Waals surface area contributed by atoms with Crippen molar-refractivity contribution in [3.05, 3.63) is 40.3 Å². The molecule has 2 amide bonds. The number of urea groups is 1. The molecule has 1 fully saturated rings. The van der Waals surface area contributed by atoms with Crippen LogP contribution in [0, 0.1) is 6.92 Å². The number of hydrogen-bond acceptors (Lipinski definition) is 5. The Balaban J connectivity index is 1.46. The third-order valence-electron chi connectivity index (χ3n) is 4.04. The van der Waals surface area contributed by atoms with Crippen LogP contribution >= 0.6 is 11.3 Å². The van der Waals surface area contributed by atoms with Gasteiger partial charge in [-0.15, -0.1) is 11.3 Å². The van der Waals surface area contributed by atoms with E-state index in [1.165, 1.54) is 24.3 Å². The van der Waals surface area contributed by atoms with Crippen molar-refractivity contribution >= 4 is 23.1 Å². The minimum atomic E-state index is -2.86. The maximum absolute atomic E-state index is 12.3. The van der Waals surface area contributed by atoms with Crippen LogP contribution in [0.5, 0.6) is 5.75 Å². The molecular formula is C17H20F2N4O2S. The topological polar surface area (TPSA) is 57.7 Å². The number of carbonyl (C=O) groups is 1. The van der Waals surface area contributed by atoms with Gasteiger partial charge in [-0.1, -0.05) is 0 Å². The Morgan fingerprint density at radius 3 is 2.54 bits per heavy atom. The van der Waals surface area contributed by atoms with Crippen molar-refractivity contribution < 1.29 is 18.3 Å². The van der Waals surface area contributed by atoms with Gasteiger partial charge in [-0.05, 0) is 31.2 Å². The number of thiazole rings is 1. The zero-order valence-corrected chi connectivity index (χ0v) is 15.1. The molecule has 0 atom stereocenters. The SMILES string of the molecule is Cc1nc(CN2CCN(C(=O)Nc3ccc(OC(F)F)cc3)CC2)cs1. The monoisotopic (exact) mass is 382 g/mol. The van der Waals surface area contributed by atoms with Gasteiger partial charge in [0.15, 0.2) is 0 Å². The number of ether oxygens (including phenoxy) is 1. The van der Waals surface area contributed by atoms with E-state index >= 15 is 0 Å². The molecular weight excluding hydrogens is 362 g/mol. The standard InChI is InChI=1S/C17H20F2N4O2S/c1-12-20-14(11-26-12)10-22-6-8-23(9-7-22)17(24)21-13-2-4-15(5-3-13)25-16(18)19/h2-5,11,16H,6-10H2,1H3,(H,21,24). The lowest BCUT2D eigenvalue weighted by atomic mass is 10.3. The van der Waals surface area contributed by atoms with Gasteiger partial charge in [0.05, 0.1) is 10.7 Å². The number of carbonyl (C=O) groups excluding carboxylic acids is 1. The predicted octanol–water partition coefficient (Wildman–Crippen LogP) is 3.40. The zero-order chi connectivity index (χ0) is 18.5. The molecule has 2 aromatic rings. The van der Waals surface area contributed by atoms with E-state index in [0.717, 1.165) is 30.3 Å². The van der Waals surface area contributed by atoms with Gasteiger partial charge in [0.25, 0.3) is 0 Å². The number of aryl methyl sites for hydroxylation is 1. The van der Waals surface area contributed by atoms with Crippen molar-refractivity contribution in [1.29, 1.82) is 0 Å². The third kappa shape index (κ3) is 5.12. The average molecular weight is 382 g/mol. The van der Waals surface area contributed by atoms with Crippen molar-refractivity contribution in [3.63, 3.8) is 0 Å². The number of anilines is 1. The van der Waals surface area contributed by atoms with Gasteiger partial charge in [0, 0.05) is 43.8 Å². The van der Waals surface area contributed by atoms with Crippen molar-refractivity contribution in [2.45, 2.75) is 20.1 Å². The molecule has 140 valence electrons. The molecule has 1 aromatic heterocycles. The number of rotatable bonds is 5. The second kappa shape index (κ2) is 8.41. The van der Waals surface area contributed by atoms with E-state index in [9.17, 15) is 13.6 Å². The molecule has 1 aliphatic rings. The van der Waals surface area contributed by atoms with Gasteiger partial charge in [-0.2, -0.15) is 8.78 Å². The first-order valence-corrected chi connectivity index (χ1v) is 9.12. The zero-order valence-electron chi connectivity index (χ0n) is 14.3. The Labute approximate surface area is 154 Å². The molecule has 1 saturated heterocycles. The molecule has 0 unspecified atom stereocenters. The summed E-state index contributed by atoms with van der Waals surface area (Å²) in [6, 6.07) is 5.68. The molecule has 26 heavy (non-hydrogen) atoms. The minimum Gasteiger partial charge on any atom is -0.435 e. The molecule has 0 radical (unpaired) electrons. The molecule has 3 rings (SSSR count). The molecule has 1 aromatic carbocycles. The summed E-state index contributed by atoms with van der Waals surface area (Å²) < 4.78 is 28.6. The van der Waals surface area contributed by atoms with Crippen molar-refractivity contribution in [2.75, 3.05) is 31.5 Å². The van der Waals surface area contributed by atoms with Crippen LogP contribution in [0.2, 0.25) is 0 Å². The normalized spacial score (nSPS) is 15.3. The average Bonchev–Trinajstić information content (AvgIpc) is 3.01. The number of amides is 2. The van der Waals surface area contributed by atoms with Gasteiger partial charge in [-0.3, -0.25) is 4.90 Å². The van der Waals surface area contributed by atoms with Gasteiger partial charge in [-0.25, -0.2) is 9.78 Å². The first kappa shape index (κ1) is 18.5. The first-order valence-electron chi connectivity index (χ1n) is 8.24. The van der Waals surface area contributed by atoms with Gasteiger partial charge >= 0.3 is 12.6 Å². The maximum Gasteiger partial charge on any atom is 0.387 e. The van der Waals surface area contributed by atoms with Gasteiger partial charge < -0.3 is 15.0 Å². The van der Waals surface area contributed by atoms with Crippen LogP contribution in [0.15, 0.2) is 29.6 Å². The second-order valence-electron chi connectivity index (χ2n) is 5.95. The summed E-state index contributed by atoms with van der Waals surface area (Å²) in [5.41, 5.74) is 1.61. The fraction of sp³-hybridized carbons (Fsp3) is 0.412. The van der Waals surface area contributed by atoms with Crippen LogP contribution < -0.4 is 10.1 Å².